The minimum atomic E-state index is -1.34. The van der Waals surface area contributed by atoms with Crippen molar-refractivity contribution in [3.8, 4) is 0 Å². The average Bonchev–Trinajstić information content (AvgIpc) is 3.87. The Labute approximate surface area is 296 Å². The summed E-state index contributed by atoms with van der Waals surface area (Å²) in [6.07, 6.45) is 0.598. The molecule has 11 nitrogen and oxygen atoms in total. The fourth-order valence-corrected chi connectivity index (χ4v) is 13.5. The van der Waals surface area contributed by atoms with Crippen LogP contribution in [0.25, 0.3) is 0 Å². The summed E-state index contributed by atoms with van der Waals surface area (Å²) in [5.41, 5.74) is -1.45. The number of aliphatic hydroxyl groups excluding tert-OH is 3. The van der Waals surface area contributed by atoms with Crippen LogP contribution in [0.5, 0.6) is 0 Å². The second-order valence-corrected chi connectivity index (χ2v) is 19.0. The summed E-state index contributed by atoms with van der Waals surface area (Å²) in [5.74, 6) is -0.837. The van der Waals surface area contributed by atoms with Gasteiger partial charge in [-0.3, -0.25) is 14.4 Å². The average molecular weight is 705 g/mol. The van der Waals surface area contributed by atoms with Crippen molar-refractivity contribution in [1.82, 2.24) is 0 Å². The SMILES string of the molecule is CC(=O)O[C@H]1CO[C@H](O[C@H]2CC[C@]34C[C@]35CC[C@]3(C)[C@@H]([C@H](C)C[C@H](OC(C)=O)[C@@H]6OC6(C)C)C(=O)[C@H](O)[C@@]3(C)[C@@H]5CC[C@H]4C2(C)C)[C@@H](O)[C@@H]1O. The molecular formula is C39H60O11. The highest BCUT2D eigenvalue weighted by atomic mass is 16.7. The molecule has 0 bridgehead atoms. The number of ether oxygens (including phenoxy) is 5. The van der Waals surface area contributed by atoms with E-state index in [4.69, 9.17) is 23.7 Å². The zero-order valence-electron chi connectivity index (χ0n) is 31.4. The highest BCUT2D eigenvalue weighted by Gasteiger charge is 2.84. The molecule has 0 aromatic rings. The number of hydrogen-bond donors (Lipinski definition) is 3. The minimum absolute atomic E-state index is 0.0479. The van der Waals surface area contributed by atoms with Crippen LogP contribution in [-0.4, -0.2) is 94.3 Å². The van der Waals surface area contributed by atoms with Crippen LogP contribution in [0.3, 0.4) is 0 Å². The van der Waals surface area contributed by atoms with Crippen molar-refractivity contribution < 1.29 is 53.4 Å². The van der Waals surface area contributed by atoms with Gasteiger partial charge in [0.1, 0.15) is 30.5 Å². The Morgan fingerprint density at radius 1 is 0.900 bits per heavy atom. The monoisotopic (exact) mass is 704 g/mol. The van der Waals surface area contributed by atoms with Crippen molar-refractivity contribution in [2.75, 3.05) is 6.61 Å². The van der Waals surface area contributed by atoms with Crippen LogP contribution >= 0.6 is 0 Å². The lowest BCUT2D eigenvalue weighted by molar-refractivity contribution is -0.304. The van der Waals surface area contributed by atoms with E-state index in [1.54, 1.807) is 0 Å². The molecule has 282 valence electrons. The van der Waals surface area contributed by atoms with Crippen LogP contribution in [0.1, 0.15) is 114 Å². The Hall–Kier alpha value is -1.63. The molecule has 50 heavy (non-hydrogen) atoms. The Morgan fingerprint density at radius 2 is 1.54 bits per heavy atom. The van der Waals surface area contributed by atoms with Gasteiger partial charge in [0.15, 0.2) is 18.2 Å². The van der Waals surface area contributed by atoms with Gasteiger partial charge < -0.3 is 39.0 Å². The van der Waals surface area contributed by atoms with Crippen LogP contribution in [0, 0.1) is 50.7 Å². The molecule has 0 radical (unpaired) electrons. The van der Waals surface area contributed by atoms with E-state index < -0.39 is 53.6 Å². The van der Waals surface area contributed by atoms with Gasteiger partial charge in [-0.15, -0.1) is 0 Å². The first-order chi connectivity index (χ1) is 23.2. The number of rotatable bonds is 8. The van der Waals surface area contributed by atoms with E-state index >= 15 is 0 Å². The fraction of sp³-hybridized carbons (Fsp3) is 0.923. The summed E-state index contributed by atoms with van der Waals surface area (Å²) in [6, 6.07) is 0. The summed E-state index contributed by atoms with van der Waals surface area (Å²) in [4.78, 5) is 37.8. The molecule has 0 unspecified atom stereocenters. The zero-order valence-corrected chi connectivity index (χ0v) is 31.4. The van der Waals surface area contributed by atoms with E-state index in [-0.39, 0.29) is 70.2 Å². The first kappa shape index (κ1) is 36.7. The van der Waals surface area contributed by atoms with E-state index in [0.717, 1.165) is 44.9 Å². The predicted molar refractivity (Wildman–Crippen MR) is 179 cm³/mol. The number of epoxide rings is 1. The van der Waals surface area contributed by atoms with Crippen molar-refractivity contribution in [3.63, 3.8) is 0 Å². The number of Topliss-reactive ketones (excluding diaryl/α,β-unsaturated/α-hetero) is 1. The standard InChI is InChI=1S/C39H60O11/c1-19(16-22(47-20(2)40)32-35(6,7)50-32)27-29(43)31(45)37(9)25-11-10-24-34(4,5)26(12-13-38(24)18-39(25,38)15-14-36(27,37)8)49-33-30(44)28(42)23(17-46-33)48-21(3)41/h19,22-28,30-33,42,44-45H,10-18H2,1-9H3/t19-,22+,23+,24+,25+,26+,27+,28-,30+,31+,32+,33-,36-,37-,38-,39+/m1/s1. The summed E-state index contributed by atoms with van der Waals surface area (Å²) >= 11 is 0. The van der Waals surface area contributed by atoms with Gasteiger partial charge in [-0.2, -0.15) is 0 Å². The lowest BCUT2D eigenvalue weighted by atomic mass is 9.41. The maximum absolute atomic E-state index is 14.3. The lowest BCUT2D eigenvalue weighted by Crippen LogP contribution is -2.61. The summed E-state index contributed by atoms with van der Waals surface area (Å²) in [7, 11) is 0. The molecule has 7 rings (SSSR count). The molecule has 7 aliphatic rings. The van der Waals surface area contributed by atoms with Crippen LogP contribution in [-0.2, 0) is 38.1 Å². The topological polar surface area (TPSA) is 161 Å². The van der Waals surface area contributed by atoms with Crippen molar-refractivity contribution in [3.05, 3.63) is 0 Å². The summed E-state index contributed by atoms with van der Waals surface area (Å²) in [5, 5.41) is 33.6. The Morgan fingerprint density at radius 3 is 2.16 bits per heavy atom. The minimum Gasteiger partial charge on any atom is -0.460 e. The van der Waals surface area contributed by atoms with Crippen LogP contribution in [0.15, 0.2) is 0 Å². The molecule has 7 fully saturated rings. The number of carbonyl (C=O) groups is 3. The fourth-order valence-electron chi connectivity index (χ4n) is 13.5. The number of esters is 2. The zero-order chi connectivity index (χ0) is 36.6. The predicted octanol–water partition coefficient (Wildman–Crippen LogP) is 4.11. The number of carbonyl (C=O) groups excluding carboxylic acids is 3. The van der Waals surface area contributed by atoms with Crippen LogP contribution < -0.4 is 0 Å². The normalized spacial score (nSPS) is 50.8. The first-order valence-electron chi connectivity index (χ1n) is 19.1. The Kier molecular flexibility index (Phi) is 8.58. The van der Waals surface area contributed by atoms with E-state index in [1.165, 1.54) is 13.8 Å². The van der Waals surface area contributed by atoms with E-state index in [0.29, 0.717) is 12.3 Å². The molecule has 0 amide bonds. The van der Waals surface area contributed by atoms with Crippen molar-refractivity contribution in [2.24, 2.45) is 50.7 Å². The third kappa shape index (κ3) is 4.99. The molecular weight excluding hydrogens is 644 g/mol. The quantitative estimate of drug-likeness (QED) is 0.190. The highest BCUT2D eigenvalue weighted by molar-refractivity contribution is 5.90. The molecule has 2 spiro atoms. The summed E-state index contributed by atoms with van der Waals surface area (Å²) < 4.78 is 29.1. The number of ketones is 1. The number of fused-ring (bicyclic) bond motifs is 2. The third-order valence-electron chi connectivity index (χ3n) is 16.0. The molecule has 5 saturated carbocycles. The highest BCUT2D eigenvalue weighted by Crippen LogP contribution is 2.89. The van der Waals surface area contributed by atoms with Gasteiger partial charge in [-0.1, -0.05) is 34.6 Å². The molecule has 2 saturated heterocycles. The molecule has 3 N–H and O–H groups in total. The number of aliphatic hydroxyl groups is 3. The molecule has 16 atom stereocenters. The van der Waals surface area contributed by atoms with E-state index in [1.807, 2.05) is 13.8 Å². The first-order valence-corrected chi connectivity index (χ1v) is 19.1. The maximum atomic E-state index is 14.3. The van der Waals surface area contributed by atoms with Crippen molar-refractivity contribution in [2.45, 2.75) is 168 Å². The van der Waals surface area contributed by atoms with Crippen LogP contribution in [0.4, 0.5) is 0 Å². The van der Waals surface area contributed by atoms with Gasteiger partial charge in [-0.05, 0) is 105 Å². The molecule has 5 aliphatic carbocycles. The molecule has 0 aromatic heterocycles. The van der Waals surface area contributed by atoms with Gasteiger partial charge in [0.05, 0.1) is 18.3 Å². The second-order valence-electron chi connectivity index (χ2n) is 19.0. The van der Waals surface area contributed by atoms with Crippen molar-refractivity contribution >= 4 is 17.7 Å². The van der Waals surface area contributed by atoms with Gasteiger partial charge in [0.2, 0.25) is 0 Å². The maximum Gasteiger partial charge on any atom is 0.303 e. The largest absolute Gasteiger partial charge is 0.460 e. The van der Waals surface area contributed by atoms with E-state index in [2.05, 4.69) is 34.6 Å². The lowest BCUT2D eigenvalue weighted by Gasteiger charge is -2.63. The smallest absolute Gasteiger partial charge is 0.303 e. The summed E-state index contributed by atoms with van der Waals surface area (Å²) in [6.45, 7) is 17.7. The second kappa shape index (κ2) is 11.7. The molecule has 11 heteroatoms. The molecule has 2 aliphatic heterocycles. The van der Waals surface area contributed by atoms with E-state index in [9.17, 15) is 29.7 Å². The molecule has 0 aromatic carbocycles. The Balaban J connectivity index is 1.09. The van der Waals surface area contributed by atoms with Gasteiger partial charge >= 0.3 is 11.9 Å². The van der Waals surface area contributed by atoms with Crippen molar-refractivity contribution in [1.29, 1.82) is 0 Å². The third-order valence-corrected chi connectivity index (χ3v) is 16.0. The van der Waals surface area contributed by atoms with Gasteiger partial charge in [-0.25, -0.2) is 0 Å². The van der Waals surface area contributed by atoms with Gasteiger partial charge in [0, 0.05) is 25.2 Å². The van der Waals surface area contributed by atoms with Gasteiger partial charge in [0.25, 0.3) is 0 Å². The Bertz CT molecular complexity index is 1410. The number of hydrogen-bond acceptors (Lipinski definition) is 11. The molecule has 2 heterocycles. The van der Waals surface area contributed by atoms with Crippen LogP contribution in [0.2, 0.25) is 0 Å².